The number of aryl methyl sites for hydroxylation is 1. The van der Waals surface area contributed by atoms with Gasteiger partial charge in [0.05, 0.1) is 10.7 Å². The third kappa shape index (κ3) is 5.35. The zero-order valence-corrected chi connectivity index (χ0v) is 13.8. The van der Waals surface area contributed by atoms with Crippen LogP contribution >= 0.6 is 11.6 Å². The molecule has 6 heteroatoms. The summed E-state index contributed by atoms with van der Waals surface area (Å²) in [4.78, 5) is 23.8. The molecule has 0 unspecified atom stereocenters. The highest BCUT2D eigenvalue weighted by Gasteiger charge is 2.18. The van der Waals surface area contributed by atoms with Crippen molar-refractivity contribution in [3.8, 4) is 0 Å². The number of halogens is 2. The molecule has 0 heterocycles. The van der Waals surface area contributed by atoms with Gasteiger partial charge in [-0.15, -0.1) is 0 Å². The second-order valence-corrected chi connectivity index (χ2v) is 5.64. The lowest BCUT2D eigenvalue weighted by Crippen LogP contribution is -2.30. The number of anilines is 1. The van der Waals surface area contributed by atoms with Crippen LogP contribution in [0.5, 0.6) is 0 Å². The average molecular weight is 350 g/mol. The Bertz CT molecular complexity index is 721. The van der Waals surface area contributed by atoms with Crippen LogP contribution in [-0.4, -0.2) is 18.0 Å². The van der Waals surface area contributed by atoms with Crippen molar-refractivity contribution in [2.24, 2.45) is 0 Å². The highest BCUT2D eigenvalue weighted by atomic mass is 35.5. The van der Waals surface area contributed by atoms with E-state index in [0.29, 0.717) is 6.42 Å². The number of hydrogen-bond donors (Lipinski definition) is 1. The van der Waals surface area contributed by atoms with Gasteiger partial charge in [-0.25, -0.2) is 4.39 Å². The summed E-state index contributed by atoms with van der Waals surface area (Å²) in [6.07, 6.45) is -0.258. The molecule has 2 rings (SSSR count). The SMILES string of the molecule is C[C@@H](OC(=O)CCc1ccccc1)C(=O)Nc1ccc(F)cc1Cl. The number of nitrogens with one attached hydrogen (secondary N) is 1. The first kappa shape index (κ1) is 17.9. The Hall–Kier alpha value is -2.40. The molecule has 0 bridgehead atoms. The molecule has 4 nitrogen and oxygen atoms in total. The monoisotopic (exact) mass is 349 g/mol. The van der Waals surface area contributed by atoms with Gasteiger partial charge in [0.1, 0.15) is 5.82 Å². The molecule has 0 aromatic heterocycles. The molecular weight excluding hydrogens is 333 g/mol. The number of esters is 1. The fraction of sp³-hybridized carbons (Fsp3) is 0.222. The zero-order valence-electron chi connectivity index (χ0n) is 13.1. The highest BCUT2D eigenvalue weighted by Crippen LogP contribution is 2.22. The molecular formula is C18H17ClFNO3. The molecule has 0 radical (unpaired) electrons. The summed E-state index contributed by atoms with van der Waals surface area (Å²) in [5, 5.41) is 2.58. The molecule has 0 spiro atoms. The number of ether oxygens (including phenoxy) is 1. The van der Waals surface area contributed by atoms with Crippen molar-refractivity contribution in [2.45, 2.75) is 25.9 Å². The van der Waals surface area contributed by atoms with Gasteiger partial charge in [-0.3, -0.25) is 9.59 Å². The van der Waals surface area contributed by atoms with E-state index in [2.05, 4.69) is 5.32 Å². The smallest absolute Gasteiger partial charge is 0.306 e. The number of hydrogen-bond acceptors (Lipinski definition) is 3. The van der Waals surface area contributed by atoms with E-state index >= 15 is 0 Å². The van der Waals surface area contributed by atoms with Gasteiger partial charge in [0.15, 0.2) is 6.10 Å². The molecule has 0 aliphatic carbocycles. The van der Waals surface area contributed by atoms with Gasteiger partial charge < -0.3 is 10.1 Å². The first-order valence-corrected chi connectivity index (χ1v) is 7.83. The van der Waals surface area contributed by atoms with Gasteiger partial charge in [-0.2, -0.15) is 0 Å². The molecule has 0 aliphatic heterocycles. The first-order valence-electron chi connectivity index (χ1n) is 7.45. The van der Waals surface area contributed by atoms with E-state index in [0.717, 1.165) is 11.6 Å². The van der Waals surface area contributed by atoms with Gasteiger partial charge in [0.2, 0.25) is 0 Å². The summed E-state index contributed by atoms with van der Waals surface area (Å²) in [6.45, 7) is 1.47. The summed E-state index contributed by atoms with van der Waals surface area (Å²) in [7, 11) is 0. The van der Waals surface area contributed by atoms with Gasteiger partial charge in [0.25, 0.3) is 5.91 Å². The van der Waals surface area contributed by atoms with Crippen LogP contribution in [0.2, 0.25) is 5.02 Å². The minimum atomic E-state index is -0.977. The van der Waals surface area contributed by atoms with Crippen LogP contribution in [0.4, 0.5) is 10.1 Å². The van der Waals surface area contributed by atoms with Gasteiger partial charge in [0, 0.05) is 6.42 Å². The highest BCUT2D eigenvalue weighted by molar-refractivity contribution is 6.33. The Morgan fingerprint density at radius 2 is 1.92 bits per heavy atom. The molecule has 0 saturated heterocycles. The third-order valence-electron chi connectivity index (χ3n) is 3.33. The first-order chi connectivity index (χ1) is 11.5. The topological polar surface area (TPSA) is 55.4 Å². The van der Waals surface area contributed by atoms with Crippen molar-refractivity contribution in [2.75, 3.05) is 5.32 Å². The van der Waals surface area contributed by atoms with Crippen molar-refractivity contribution >= 4 is 29.2 Å². The van der Waals surface area contributed by atoms with Crippen LogP contribution in [0.25, 0.3) is 0 Å². The van der Waals surface area contributed by atoms with E-state index in [1.165, 1.54) is 19.1 Å². The van der Waals surface area contributed by atoms with Crippen molar-refractivity contribution in [1.29, 1.82) is 0 Å². The Balaban J connectivity index is 1.83. The van der Waals surface area contributed by atoms with E-state index in [1.807, 2.05) is 30.3 Å². The van der Waals surface area contributed by atoms with Crippen LogP contribution in [-0.2, 0) is 20.7 Å². The molecule has 24 heavy (non-hydrogen) atoms. The van der Waals surface area contributed by atoms with Crippen LogP contribution in [0, 0.1) is 5.82 Å². The molecule has 0 fully saturated rings. The van der Waals surface area contributed by atoms with Gasteiger partial charge in [-0.1, -0.05) is 41.9 Å². The molecule has 2 aromatic rings. The van der Waals surface area contributed by atoms with E-state index in [1.54, 1.807) is 0 Å². The van der Waals surface area contributed by atoms with Crippen molar-refractivity contribution < 1.29 is 18.7 Å². The Morgan fingerprint density at radius 1 is 1.21 bits per heavy atom. The van der Waals surface area contributed by atoms with Crippen molar-refractivity contribution in [1.82, 2.24) is 0 Å². The lowest BCUT2D eigenvalue weighted by Gasteiger charge is -2.14. The number of carbonyl (C=O) groups excluding carboxylic acids is 2. The van der Waals surface area contributed by atoms with E-state index in [9.17, 15) is 14.0 Å². The average Bonchev–Trinajstić information content (AvgIpc) is 2.56. The third-order valence-corrected chi connectivity index (χ3v) is 3.64. The maximum Gasteiger partial charge on any atom is 0.306 e. The number of carbonyl (C=O) groups is 2. The molecule has 1 atom stereocenters. The lowest BCUT2D eigenvalue weighted by atomic mass is 10.1. The second kappa shape index (κ2) is 8.45. The van der Waals surface area contributed by atoms with E-state index < -0.39 is 23.8 Å². The predicted octanol–water partition coefficient (Wildman–Crippen LogP) is 3.98. The summed E-state index contributed by atoms with van der Waals surface area (Å²) in [5.41, 5.74) is 1.28. The van der Waals surface area contributed by atoms with Crippen molar-refractivity contribution in [3.05, 3.63) is 64.9 Å². The fourth-order valence-corrected chi connectivity index (χ4v) is 2.24. The molecule has 0 aliphatic rings. The molecule has 2 aromatic carbocycles. The van der Waals surface area contributed by atoms with Crippen LogP contribution < -0.4 is 5.32 Å². The van der Waals surface area contributed by atoms with Crippen LogP contribution in [0.3, 0.4) is 0 Å². The molecule has 126 valence electrons. The minimum absolute atomic E-state index is 0.0750. The Morgan fingerprint density at radius 3 is 2.58 bits per heavy atom. The maximum atomic E-state index is 13.0. The fourth-order valence-electron chi connectivity index (χ4n) is 2.03. The zero-order chi connectivity index (χ0) is 17.5. The van der Waals surface area contributed by atoms with E-state index in [-0.39, 0.29) is 17.1 Å². The number of amides is 1. The Kier molecular flexibility index (Phi) is 6.32. The number of rotatable bonds is 6. The standard InChI is InChI=1S/C18H17ClFNO3/c1-12(18(23)21-16-9-8-14(20)11-15(16)19)24-17(22)10-7-13-5-3-2-4-6-13/h2-6,8-9,11-12H,7,10H2,1H3,(H,21,23)/t12-/m1/s1. The van der Waals surface area contributed by atoms with Crippen LogP contribution in [0.1, 0.15) is 18.9 Å². The van der Waals surface area contributed by atoms with Gasteiger partial charge in [-0.05, 0) is 37.1 Å². The summed E-state index contributed by atoms with van der Waals surface area (Å²) >= 11 is 5.84. The molecule has 1 N–H and O–H groups in total. The Labute approximate surface area is 144 Å². The summed E-state index contributed by atoms with van der Waals surface area (Å²) < 4.78 is 18.1. The second-order valence-electron chi connectivity index (χ2n) is 5.23. The molecule has 1 amide bonds. The van der Waals surface area contributed by atoms with Crippen LogP contribution in [0.15, 0.2) is 48.5 Å². The summed E-state index contributed by atoms with van der Waals surface area (Å²) in [6, 6.07) is 13.1. The lowest BCUT2D eigenvalue weighted by molar-refractivity contribution is -0.153. The quantitative estimate of drug-likeness (QED) is 0.802. The maximum absolute atomic E-state index is 13.0. The van der Waals surface area contributed by atoms with Crippen molar-refractivity contribution in [3.63, 3.8) is 0 Å². The molecule has 0 saturated carbocycles. The normalized spacial score (nSPS) is 11.6. The summed E-state index contributed by atoms with van der Waals surface area (Å²) in [5.74, 6) is -1.50. The predicted molar refractivity (Wildman–Crippen MR) is 90.4 cm³/mol. The number of benzene rings is 2. The van der Waals surface area contributed by atoms with E-state index in [4.69, 9.17) is 16.3 Å². The minimum Gasteiger partial charge on any atom is -0.453 e. The largest absolute Gasteiger partial charge is 0.453 e. The van der Waals surface area contributed by atoms with Gasteiger partial charge >= 0.3 is 5.97 Å².